The van der Waals surface area contributed by atoms with Gasteiger partial charge in [-0.2, -0.15) is 11.3 Å². The zero-order valence-corrected chi connectivity index (χ0v) is 22.3. The molecule has 1 unspecified atom stereocenters. The molecule has 0 heterocycles. The van der Waals surface area contributed by atoms with Crippen molar-refractivity contribution in [1.82, 2.24) is 0 Å². The van der Waals surface area contributed by atoms with E-state index in [1.807, 2.05) is 0 Å². The van der Waals surface area contributed by atoms with Gasteiger partial charge in [-0.15, -0.1) is 6.42 Å². The average molecular weight is 512 g/mol. The molecule has 2 aromatic rings. The second-order valence-electron chi connectivity index (χ2n) is 8.04. The van der Waals surface area contributed by atoms with Crippen molar-refractivity contribution in [3.63, 3.8) is 0 Å². The molecule has 0 amide bonds. The molecule has 2 aliphatic rings. The van der Waals surface area contributed by atoms with Gasteiger partial charge >= 0.3 is 21.7 Å². The molecule has 2 aliphatic carbocycles. The van der Waals surface area contributed by atoms with E-state index in [4.69, 9.17) is 0 Å². The van der Waals surface area contributed by atoms with E-state index in [0.717, 1.165) is 18.4 Å². The Morgan fingerprint density at radius 2 is 1.40 bits per heavy atom. The van der Waals surface area contributed by atoms with Crippen LogP contribution < -0.4 is 42.4 Å². The Morgan fingerprint density at radius 1 is 0.833 bits per heavy atom. The summed E-state index contributed by atoms with van der Waals surface area (Å²) in [5.41, 5.74) is 3.77. The molecule has 5 heteroatoms. The molecular formula is C25H29Cl3SiTi. The van der Waals surface area contributed by atoms with Crippen molar-refractivity contribution in [2.24, 2.45) is 0 Å². The fourth-order valence-electron chi connectivity index (χ4n) is 5.05. The largest absolute Gasteiger partial charge is 4.00 e. The predicted octanol–water partition coefficient (Wildman–Crippen LogP) is -2.84. The summed E-state index contributed by atoms with van der Waals surface area (Å²) in [5.74, 6) is 0. The van der Waals surface area contributed by atoms with E-state index in [1.54, 1.807) is 10.4 Å². The predicted molar refractivity (Wildman–Crippen MR) is 114 cm³/mol. The van der Waals surface area contributed by atoms with Crippen LogP contribution in [0.3, 0.4) is 0 Å². The van der Waals surface area contributed by atoms with E-state index in [1.165, 1.54) is 43.2 Å². The van der Waals surface area contributed by atoms with E-state index in [0.29, 0.717) is 0 Å². The Morgan fingerprint density at radius 3 is 2.00 bits per heavy atom. The van der Waals surface area contributed by atoms with Crippen molar-refractivity contribution in [1.29, 1.82) is 0 Å². The first kappa shape index (κ1) is 29.7. The quantitative estimate of drug-likeness (QED) is 0.300. The van der Waals surface area contributed by atoms with Crippen LogP contribution in [-0.2, 0) is 28.1 Å². The second-order valence-corrected chi connectivity index (χ2v) is 12.4. The van der Waals surface area contributed by atoms with E-state index >= 15 is 0 Å². The first-order chi connectivity index (χ1) is 12.8. The van der Waals surface area contributed by atoms with Gasteiger partial charge in [-0.3, -0.25) is 6.08 Å². The van der Waals surface area contributed by atoms with Crippen molar-refractivity contribution >= 4 is 13.3 Å². The van der Waals surface area contributed by atoms with Crippen molar-refractivity contribution in [3.8, 4) is 0 Å². The summed E-state index contributed by atoms with van der Waals surface area (Å²) in [6, 6.07) is 22.4. The van der Waals surface area contributed by atoms with Gasteiger partial charge in [0.2, 0.25) is 0 Å². The van der Waals surface area contributed by atoms with Crippen LogP contribution in [0.2, 0.25) is 12.1 Å². The molecule has 0 bridgehead atoms. The first-order valence-corrected chi connectivity index (χ1v) is 12.8. The van der Waals surface area contributed by atoms with Crippen LogP contribution in [0.1, 0.15) is 44.1 Å². The van der Waals surface area contributed by atoms with Gasteiger partial charge in [0, 0.05) is 8.07 Å². The van der Waals surface area contributed by atoms with Gasteiger partial charge in [-0.1, -0.05) is 110 Å². The van der Waals surface area contributed by atoms with E-state index in [2.05, 4.69) is 79.4 Å². The first-order valence-electron chi connectivity index (χ1n) is 10.2. The van der Waals surface area contributed by atoms with Crippen LogP contribution in [0.4, 0.5) is 0 Å². The fraction of sp³-hybridized carbons (Fsp3) is 0.360. The second kappa shape index (κ2) is 14.0. The number of allylic oxidation sites excluding steroid dienone is 4. The summed E-state index contributed by atoms with van der Waals surface area (Å²) >= 11 is 0. The van der Waals surface area contributed by atoms with Gasteiger partial charge in [0.25, 0.3) is 0 Å². The summed E-state index contributed by atoms with van der Waals surface area (Å²) in [4.78, 5) is 0. The Hall–Kier alpha value is -0.279. The fourth-order valence-corrected chi connectivity index (χ4v) is 10.1. The van der Waals surface area contributed by atoms with Gasteiger partial charge in [-0.05, 0) is 12.0 Å². The minimum Gasteiger partial charge on any atom is -1.00 e. The summed E-state index contributed by atoms with van der Waals surface area (Å²) in [6.45, 7) is 2.64. The Kier molecular flexibility index (Phi) is 13.9. The Balaban J connectivity index is 0.00000210. The van der Waals surface area contributed by atoms with Crippen LogP contribution in [-0.4, -0.2) is 8.07 Å². The molecule has 1 fully saturated rings. The Bertz CT molecular complexity index is 802. The summed E-state index contributed by atoms with van der Waals surface area (Å²) < 4.78 is 0. The standard InChI is InChI=1S/C25H29Si.3ClH.Ti/c1-26(23-15-7-3-8-16-23,24-17-9-4-10-18-24)25-19-11-14-22(25)20-21-12-5-2-6-13-21;;;;/h2-3,5-8,12-13,15-16,19,24H,4,9-11,17-18,20H2,1H3;3*1H;/q-1;;;;+4/p-3. The van der Waals surface area contributed by atoms with Crippen molar-refractivity contribution in [3.05, 3.63) is 89.1 Å². The molecule has 0 aromatic heterocycles. The third-order valence-electron chi connectivity index (χ3n) is 6.53. The van der Waals surface area contributed by atoms with Gasteiger partial charge in [-0.25, -0.2) is 5.57 Å². The third kappa shape index (κ3) is 6.38. The minimum absolute atomic E-state index is 0. The van der Waals surface area contributed by atoms with Gasteiger partial charge in [0.1, 0.15) is 0 Å². The number of halogens is 3. The number of rotatable bonds is 5. The number of hydrogen-bond donors (Lipinski definition) is 0. The summed E-state index contributed by atoms with van der Waals surface area (Å²) in [7, 11) is -1.75. The molecule has 1 atom stereocenters. The van der Waals surface area contributed by atoms with Crippen LogP contribution in [0.5, 0.6) is 0 Å². The maximum Gasteiger partial charge on any atom is 4.00 e. The molecule has 158 valence electrons. The van der Waals surface area contributed by atoms with Crippen molar-refractivity contribution < 1.29 is 58.9 Å². The minimum atomic E-state index is -1.75. The summed E-state index contributed by atoms with van der Waals surface area (Å²) in [6.07, 6.45) is 15.4. The molecule has 30 heavy (non-hydrogen) atoms. The molecule has 0 saturated heterocycles. The molecule has 0 aliphatic heterocycles. The maximum absolute atomic E-state index is 3.73. The Labute approximate surface area is 217 Å². The zero-order valence-electron chi connectivity index (χ0n) is 17.5. The van der Waals surface area contributed by atoms with Gasteiger partial charge < -0.3 is 37.2 Å². The molecule has 0 radical (unpaired) electrons. The topological polar surface area (TPSA) is 0 Å². The zero-order chi connectivity index (χ0) is 17.8. The van der Waals surface area contributed by atoms with Crippen LogP contribution in [0.15, 0.2) is 77.5 Å². The van der Waals surface area contributed by atoms with Crippen molar-refractivity contribution in [2.45, 2.75) is 57.0 Å². The van der Waals surface area contributed by atoms with Crippen LogP contribution >= 0.6 is 0 Å². The van der Waals surface area contributed by atoms with E-state index in [9.17, 15) is 0 Å². The number of hydrogen-bond acceptors (Lipinski definition) is 0. The average Bonchev–Trinajstić information content (AvgIpc) is 3.18. The molecule has 0 nitrogen and oxygen atoms in total. The van der Waals surface area contributed by atoms with Gasteiger partial charge in [0.15, 0.2) is 0 Å². The maximum atomic E-state index is 3.73. The normalized spacial score (nSPS) is 17.6. The van der Waals surface area contributed by atoms with Gasteiger partial charge in [0.05, 0.1) is 0 Å². The molecule has 4 rings (SSSR count). The monoisotopic (exact) mass is 510 g/mol. The van der Waals surface area contributed by atoms with E-state index < -0.39 is 8.07 Å². The van der Waals surface area contributed by atoms with E-state index in [-0.39, 0.29) is 58.9 Å². The molecule has 1 saturated carbocycles. The molecule has 0 N–H and O–H groups in total. The smallest absolute Gasteiger partial charge is 1.00 e. The summed E-state index contributed by atoms with van der Waals surface area (Å²) in [5, 5.41) is 3.30. The van der Waals surface area contributed by atoms with Crippen molar-refractivity contribution in [2.75, 3.05) is 0 Å². The third-order valence-corrected chi connectivity index (χ3v) is 11.9. The molecule has 0 spiro atoms. The van der Waals surface area contributed by atoms with Crippen LogP contribution in [0, 0.1) is 6.08 Å². The van der Waals surface area contributed by atoms with Crippen LogP contribution in [0.25, 0.3) is 0 Å². The SMILES string of the molecule is C[Si](C1=CC[C-]=C1Cc1ccccc1)(c1ccccc1)C1CCCCC1.[Cl-].[Cl-].[Cl-].[Ti+4]. The molecule has 2 aromatic carbocycles. The molecular weight excluding hydrogens is 483 g/mol. The number of benzene rings is 2.